The molecule has 4 fully saturated rings. The van der Waals surface area contributed by atoms with Crippen LogP contribution in [0.3, 0.4) is 0 Å². The number of esters is 1. The number of hydrogen-bond donors (Lipinski definition) is 2. The highest BCUT2D eigenvalue weighted by Gasteiger charge is 2.50. The van der Waals surface area contributed by atoms with E-state index in [1.807, 2.05) is 18.3 Å². The second kappa shape index (κ2) is 8.09. The summed E-state index contributed by atoms with van der Waals surface area (Å²) in [6, 6.07) is 8.17. The fourth-order valence-corrected chi connectivity index (χ4v) is 6.82. The third kappa shape index (κ3) is 4.12. The van der Waals surface area contributed by atoms with E-state index in [0.29, 0.717) is 11.8 Å². The molecule has 0 atom stereocenters. The largest absolute Gasteiger partial charge is 0.456 e. The molecule has 5 heteroatoms. The van der Waals surface area contributed by atoms with Crippen molar-refractivity contribution >= 4 is 22.8 Å². The van der Waals surface area contributed by atoms with E-state index in [1.165, 1.54) is 49.5 Å². The monoisotopic (exact) mass is 408 g/mol. The Hall–Kier alpha value is -2.30. The fraction of sp³-hybridized carbons (Fsp3) is 0.600. The number of aryl methyl sites for hydroxylation is 1. The number of aromatic amines is 1. The molecule has 4 aliphatic carbocycles. The van der Waals surface area contributed by atoms with Crippen LogP contribution in [0.5, 0.6) is 0 Å². The van der Waals surface area contributed by atoms with Gasteiger partial charge in [0, 0.05) is 30.1 Å². The van der Waals surface area contributed by atoms with Crippen LogP contribution >= 0.6 is 0 Å². The van der Waals surface area contributed by atoms with Gasteiger partial charge in [-0.25, -0.2) is 0 Å². The Labute approximate surface area is 177 Å². The summed E-state index contributed by atoms with van der Waals surface area (Å²) < 4.78 is 5.22. The van der Waals surface area contributed by atoms with Crippen molar-refractivity contribution in [1.82, 2.24) is 10.3 Å². The van der Waals surface area contributed by atoms with E-state index in [4.69, 9.17) is 4.74 Å². The lowest BCUT2D eigenvalue weighted by molar-refractivity contribution is -0.149. The van der Waals surface area contributed by atoms with Crippen molar-refractivity contribution in [1.29, 1.82) is 0 Å². The predicted octanol–water partition coefficient (Wildman–Crippen LogP) is 4.37. The van der Waals surface area contributed by atoms with Gasteiger partial charge in [-0.05, 0) is 86.2 Å². The molecule has 0 saturated heterocycles. The van der Waals surface area contributed by atoms with Gasteiger partial charge in [0.05, 0.1) is 0 Å². The Morgan fingerprint density at radius 1 is 1.07 bits per heavy atom. The molecule has 0 unspecified atom stereocenters. The Bertz CT molecular complexity index is 896. The number of para-hydroxylation sites is 1. The van der Waals surface area contributed by atoms with Crippen LogP contribution in [0.25, 0.3) is 10.9 Å². The Balaban J connectivity index is 1.02. The van der Waals surface area contributed by atoms with Gasteiger partial charge in [0.1, 0.15) is 0 Å². The zero-order chi connectivity index (χ0) is 20.6. The number of fused-ring (bicyclic) bond motifs is 1. The maximum Gasteiger partial charge on any atom is 0.306 e. The summed E-state index contributed by atoms with van der Waals surface area (Å²) in [5.41, 5.74) is 2.64. The molecule has 1 aromatic heterocycles. The van der Waals surface area contributed by atoms with Crippen molar-refractivity contribution in [2.45, 2.75) is 57.8 Å². The molecule has 0 radical (unpaired) electrons. The van der Waals surface area contributed by atoms with Gasteiger partial charge in [-0.1, -0.05) is 18.2 Å². The first-order chi connectivity index (χ1) is 14.6. The van der Waals surface area contributed by atoms with E-state index in [9.17, 15) is 9.59 Å². The fourth-order valence-electron chi connectivity index (χ4n) is 6.82. The number of benzene rings is 1. The molecular formula is C25H32N2O3. The summed E-state index contributed by atoms with van der Waals surface area (Å²) >= 11 is 0. The van der Waals surface area contributed by atoms with Gasteiger partial charge < -0.3 is 15.0 Å². The van der Waals surface area contributed by atoms with Crippen molar-refractivity contribution in [3.8, 4) is 0 Å². The maximum absolute atomic E-state index is 12.3. The molecular weight excluding hydrogens is 376 g/mol. The average Bonchev–Trinajstić information content (AvgIpc) is 3.13. The van der Waals surface area contributed by atoms with Crippen LogP contribution in [-0.4, -0.2) is 30.0 Å². The molecule has 160 valence electrons. The third-order valence-corrected chi connectivity index (χ3v) is 7.69. The van der Waals surface area contributed by atoms with Crippen LogP contribution in [0.15, 0.2) is 30.5 Å². The highest BCUT2D eigenvalue weighted by molar-refractivity contribution is 5.83. The standard InChI is InChI=1S/C25H32N2O3/c28-23(27-16-25-11-17-8-18(12-25)10-19(9-17)13-25)15-30-24(29)7-3-4-20-14-26-22-6-2-1-5-21(20)22/h1-2,5-6,14,17-19,26H,3-4,7-13,15-16H2,(H,27,28). The van der Waals surface area contributed by atoms with E-state index in [-0.39, 0.29) is 18.5 Å². The van der Waals surface area contributed by atoms with Crippen molar-refractivity contribution in [3.63, 3.8) is 0 Å². The molecule has 6 rings (SSSR count). The molecule has 0 aliphatic heterocycles. The summed E-state index contributed by atoms with van der Waals surface area (Å²) in [6.45, 7) is 0.603. The summed E-state index contributed by atoms with van der Waals surface area (Å²) in [6.07, 6.45) is 11.9. The number of amides is 1. The second-order valence-electron chi connectivity index (χ2n) is 10.1. The molecule has 30 heavy (non-hydrogen) atoms. The van der Waals surface area contributed by atoms with Gasteiger partial charge in [-0.15, -0.1) is 0 Å². The van der Waals surface area contributed by atoms with Crippen LogP contribution < -0.4 is 5.32 Å². The predicted molar refractivity (Wildman–Crippen MR) is 116 cm³/mol. The van der Waals surface area contributed by atoms with Crippen molar-refractivity contribution in [2.75, 3.05) is 13.2 Å². The molecule has 5 nitrogen and oxygen atoms in total. The summed E-state index contributed by atoms with van der Waals surface area (Å²) in [5.74, 6) is 2.19. The van der Waals surface area contributed by atoms with Gasteiger partial charge in [0.25, 0.3) is 5.91 Å². The zero-order valence-corrected chi connectivity index (χ0v) is 17.6. The minimum absolute atomic E-state index is 0.154. The van der Waals surface area contributed by atoms with Crippen LogP contribution in [0.1, 0.15) is 56.9 Å². The second-order valence-corrected chi connectivity index (χ2v) is 10.1. The summed E-state index contributed by atoms with van der Waals surface area (Å²) in [4.78, 5) is 27.6. The molecule has 4 aliphatic rings. The number of rotatable bonds is 8. The van der Waals surface area contributed by atoms with Gasteiger partial charge in [0.2, 0.25) is 0 Å². The van der Waals surface area contributed by atoms with Gasteiger partial charge in [0.15, 0.2) is 6.61 Å². The lowest BCUT2D eigenvalue weighted by atomic mass is 9.49. The summed E-state index contributed by atoms with van der Waals surface area (Å²) in [5, 5.41) is 4.28. The number of aromatic nitrogens is 1. The lowest BCUT2D eigenvalue weighted by Crippen LogP contribution is -2.51. The maximum atomic E-state index is 12.3. The molecule has 2 aromatic rings. The molecule has 0 spiro atoms. The number of ether oxygens (including phenoxy) is 1. The first kappa shape index (κ1) is 19.7. The molecule has 4 bridgehead atoms. The molecule has 1 heterocycles. The van der Waals surface area contributed by atoms with E-state index in [1.54, 1.807) is 0 Å². The highest BCUT2D eigenvalue weighted by atomic mass is 16.5. The Morgan fingerprint density at radius 3 is 2.50 bits per heavy atom. The van der Waals surface area contributed by atoms with Gasteiger partial charge >= 0.3 is 5.97 Å². The number of carbonyl (C=O) groups excluding carboxylic acids is 2. The quantitative estimate of drug-likeness (QED) is 0.637. The van der Waals surface area contributed by atoms with Crippen LogP contribution in [-0.2, 0) is 20.7 Å². The topological polar surface area (TPSA) is 71.2 Å². The first-order valence-corrected chi connectivity index (χ1v) is 11.6. The van der Waals surface area contributed by atoms with Gasteiger partial charge in [-0.3, -0.25) is 9.59 Å². The van der Waals surface area contributed by atoms with Crippen LogP contribution in [0, 0.1) is 23.2 Å². The number of hydrogen-bond acceptors (Lipinski definition) is 3. The number of H-pyrrole nitrogens is 1. The van der Waals surface area contributed by atoms with Crippen molar-refractivity contribution in [2.24, 2.45) is 23.2 Å². The molecule has 1 amide bonds. The minimum Gasteiger partial charge on any atom is -0.456 e. The molecule has 4 saturated carbocycles. The van der Waals surface area contributed by atoms with Crippen molar-refractivity contribution < 1.29 is 14.3 Å². The van der Waals surface area contributed by atoms with Crippen LogP contribution in [0.4, 0.5) is 0 Å². The smallest absolute Gasteiger partial charge is 0.306 e. The molecule has 1 aromatic carbocycles. The van der Waals surface area contributed by atoms with E-state index in [0.717, 1.165) is 42.7 Å². The number of nitrogens with one attached hydrogen (secondary N) is 2. The molecule has 2 N–H and O–H groups in total. The van der Waals surface area contributed by atoms with Crippen LogP contribution in [0.2, 0.25) is 0 Å². The van der Waals surface area contributed by atoms with Crippen molar-refractivity contribution in [3.05, 3.63) is 36.0 Å². The Kier molecular flexibility index (Phi) is 5.30. The number of carbonyl (C=O) groups is 2. The van der Waals surface area contributed by atoms with Gasteiger partial charge in [-0.2, -0.15) is 0 Å². The SMILES string of the molecule is O=C(COC(=O)CCCc1c[nH]c2ccccc12)NCC12CC3CC(CC(C3)C1)C2. The van der Waals surface area contributed by atoms with E-state index in [2.05, 4.69) is 22.4 Å². The lowest BCUT2D eigenvalue weighted by Gasteiger charge is -2.56. The average molecular weight is 409 g/mol. The zero-order valence-electron chi connectivity index (χ0n) is 17.6. The summed E-state index contributed by atoms with van der Waals surface area (Å²) in [7, 11) is 0. The van der Waals surface area contributed by atoms with E-state index < -0.39 is 0 Å². The minimum atomic E-state index is -0.292. The third-order valence-electron chi connectivity index (χ3n) is 7.69. The first-order valence-electron chi connectivity index (χ1n) is 11.6. The Morgan fingerprint density at radius 2 is 1.77 bits per heavy atom. The normalized spacial score (nSPS) is 29.3. The van der Waals surface area contributed by atoms with E-state index >= 15 is 0 Å². The highest BCUT2D eigenvalue weighted by Crippen LogP contribution is 2.59.